The van der Waals surface area contributed by atoms with Crippen LogP contribution in [0.4, 0.5) is 0 Å². The molecule has 0 aliphatic heterocycles. The van der Waals surface area contributed by atoms with Crippen molar-refractivity contribution >= 4 is 0 Å². The molecule has 0 atom stereocenters. The molecule has 4 nitrogen and oxygen atoms in total. The Hall–Kier alpha value is -0.421. The van der Waals surface area contributed by atoms with Crippen LogP contribution >= 0.6 is 0 Å². The van der Waals surface area contributed by atoms with E-state index < -0.39 is 0 Å². The van der Waals surface area contributed by atoms with E-state index in [1.807, 2.05) is 30.3 Å². The van der Waals surface area contributed by atoms with Crippen molar-refractivity contribution in [3.05, 3.63) is 61.0 Å². The van der Waals surface area contributed by atoms with Gasteiger partial charge in [-0.2, -0.15) is 36.4 Å². The number of hydrogen-bond donors (Lipinski definition) is 0. The van der Waals surface area contributed by atoms with Gasteiger partial charge in [0.25, 0.3) is 0 Å². The topological polar surface area (TPSA) is 134 Å². The predicted molar refractivity (Wildman–Crippen MR) is 46.4 cm³/mol. The van der Waals surface area contributed by atoms with Gasteiger partial charge >= 0.3 is 0 Å². The summed E-state index contributed by atoms with van der Waals surface area (Å²) in [4.78, 5) is 0. The Bertz CT molecular complexity index is 86.5. The molecule has 0 spiro atoms. The number of nitrogens with two attached hydrogens (primary N) is 4. The van der Waals surface area contributed by atoms with Gasteiger partial charge in [0.2, 0.25) is 0 Å². The molecule has 0 unspecified atom stereocenters. The van der Waals surface area contributed by atoms with Crippen LogP contribution in [0.15, 0.2) is 30.3 Å². The van der Waals surface area contributed by atoms with E-state index in [9.17, 15) is 0 Å². The van der Waals surface area contributed by atoms with E-state index in [2.05, 4.69) is 6.07 Å². The monoisotopic (exact) mass is 196 g/mol. The van der Waals surface area contributed by atoms with Crippen LogP contribution in [0.2, 0.25) is 0 Å². The van der Waals surface area contributed by atoms with Crippen LogP contribution < -0.4 is 0 Å². The van der Waals surface area contributed by atoms with Gasteiger partial charge in [0.05, 0.1) is 0 Å². The van der Waals surface area contributed by atoms with Crippen molar-refractivity contribution in [2.75, 3.05) is 0 Å². The Morgan fingerprint density at radius 3 is 1.09 bits per heavy atom. The van der Waals surface area contributed by atoms with Crippen LogP contribution in [0, 0.1) is 6.07 Å². The molecule has 69 valence electrons. The van der Waals surface area contributed by atoms with Gasteiger partial charge < -0.3 is 24.6 Å². The Morgan fingerprint density at radius 1 is 0.636 bits per heavy atom. The van der Waals surface area contributed by atoms with E-state index in [-0.39, 0.29) is 41.7 Å². The van der Waals surface area contributed by atoms with Crippen molar-refractivity contribution in [3.8, 4) is 0 Å². The minimum atomic E-state index is 0. The van der Waals surface area contributed by atoms with Crippen LogP contribution in [0.5, 0.6) is 0 Å². The second-order valence-corrected chi connectivity index (χ2v) is 1.08. The van der Waals surface area contributed by atoms with Gasteiger partial charge in [-0.15, -0.1) is 0 Å². The third kappa shape index (κ3) is 17.7. The van der Waals surface area contributed by atoms with Gasteiger partial charge in [-0.25, -0.2) is 0 Å². The Balaban J connectivity index is -0.0000000240. The van der Waals surface area contributed by atoms with Crippen LogP contribution in [0.1, 0.15) is 0 Å². The van der Waals surface area contributed by atoms with E-state index in [0.29, 0.717) is 0 Å². The molecule has 1 rings (SSSR count). The zero-order valence-electron chi connectivity index (χ0n) is 6.07. The molecule has 1 aromatic carbocycles. The van der Waals surface area contributed by atoms with Crippen molar-refractivity contribution < 1.29 is 17.1 Å². The fraction of sp³-hybridized carbons (Fsp3) is 0. The van der Waals surface area contributed by atoms with Gasteiger partial charge in [0.15, 0.2) is 0 Å². The molecular formula is C6H13MnN4-5. The number of benzene rings is 1. The first-order valence-corrected chi connectivity index (χ1v) is 1.91. The standard InChI is InChI=1S/C6H5.Mn.4H2N/c1-2-4-6-5-3-1;;;;;/h1-5H;;4*1H2/q-1;;4*-1. The van der Waals surface area contributed by atoms with E-state index in [0.717, 1.165) is 0 Å². The molecule has 0 bridgehead atoms. The maximum atomic E-state index is 2.89. The van der Waals surface area contributed by atoms with E-state index >= 15 is 0 Å². The SMILES string of the molecule is [Mn].[NH2-].[NH2-].[NH2-].[NH2-].[c-]1ccccc1. The number of hydrogen-bond acceptors (Lipinski definition) is 0. The molecule has 8 N–H and O–H groups in total. The zero-order valence-corrected chi connectivity index (χ0v) is 7.25. The zero-order chi connectivity index (χ0) is 4.24. The third-order valence-corrected chi connectivity index (χ3v) is 0.607. The molecule has 0 amide bonds. The van der Waals surface area contributed by atoms with E-state index in [1.165, 1.54) is 0 Å². The molecule has 0 aromatic heterocycles. The fourth-order valence-corrected chi connectivity index (χ4v) is 0.342. The molecule has 0 saturated heterocycles. The van der Waals surface area contributed by atoms with Crippen molar-refractivity contribution in [1.82, 2.24) is 0 Å². The van der Waals surface area contributed by atoms with E-state index in [1.54, 1.807) is 0 Å². The van der Waals surface area contributed by atoms with Gasteiger partial charge in [-0.3, -0.25) is 0 Å². The van der Waals surface area contributed by atoms with Gasteiger partial charge in [-0.1, -0.05) is 0 Å². The van der Waals surface area contributed by atoms with Crippen LogP contribution in [-0.4, -0.2) is 0 Å². The summed E-state index contributed by atoms with van der Waals surface area (Å²) in [6, 6.07) is 12.5. The minimum absolute atomic E-state index is 0. The molecule has 0 saturated carbocycles. The van der Waals surface area contributed by atoms with Crippen LogP contribution in [-0.2, 0) is 17.1 Å². The van der Waals surface area contributed by atoms with Crippen molar-refractivity contribution in [3.63, 3.8) is 0 Å². The summed E-state index contributed by atoms with van der Waals surface area (Å²) < 4.78 is 0. The van der Waals surface area contributed by atoms with Crippen LogP contribution in [0.25, 0.3) is 24.6 Å². The summed E-state index contributed by atoms with van der Waals surface area (Å²) in [5, 5.41) is 0. The first-order chi connectivity index (χ1) is 3.00. The summed E-state index contributed by atoms with van der Waals surface area (Å²) in [7, 11) is 0. The first kappa shape index (κ1) is 31.2. The molecule has 0 fully saturated rings. The Labute approximate surface area is 78.6 Å². The van der Waals surface area contributed by atoms with Gasteiger partial charge in [-0.05, 0) is 0 Å². The molecule has 11 heavy (non-hydrogen) atoms. The summed E-state index contributed by atoms with van der Waals surface area (Å²) in [6.45, 7) is 0. The first-order valence-electron chi connectivity index (χ1n) is 1.91. The molecule has 0 aliphatic carbocycles. The third-order valence-electron chi connectivity index (χ3n) is 0.607. The average Bonchev–Trinajstić information content (AvgIpc) is 1.72. The Kier molecular flexibility index (Phi) is 64.2. The van der Waals surface area contributed by atoms with Crippen molar-refractivity contribution in [1.29, 1.82) is 0 Å². The smallest absolute Gasteiger partial charge is 0 e. The van der Waals surface area contributed by atoms with E-state index in [4.69, 9.17) is 0 Å². The minimum Gasteiger partial charge on any atom is -0.693 e. The second-order valence-electron chi connectivity index (χ2n) is 1.08. The predicted octanol–water partition coefficient (Wildman–Crippen LogP) is 4.35. The quantitative estimate of drug-likeness (QED) is 0.430. The maximum Gasteiger partial charge on any atom is 0 e. The summed E-state index contributed by atoms with van der Waals surface area (Å²) in [5.74, 6) is 0. The van der Waals surface area contributed by atoms with Gasteiger partial charge in [0, 0.05) is 17.1 Å². The summed E-state index contributed by atoms with van der Waals surface area (Å²) >= 11 is 0. The molecule has 0 aliphatic rings. The van der Waals surface area contributed by atoms with Crippen LogP contribution in [0.3, 0.4) is 0 Å². The molecule has 1 aromatic rings. The Morgan fingerprint density at radius 2 is 1.00 bits per heavy atom. The molecule has 0 heterocycles. The summed E-state index contributed by atoms with van der Waals surface area (Å²) in [5.41, 5.74) is 0. The average molecular weight is 196 g/mol. The summed E-state index contributed by atoms with van der Waals surface area (Å²) in [6.07, 6.45) is 0. The molecule has 5 heteroatoms. The van der Waals surface area contributed by atoms with Gasteiger partial charge in [0.1, 0.15) is 0 Å². The van der Waals surface area contributed by atoms with Crippen molar-refractivity contribution in [2.45, 2.75) is 0 Å². The largest absolute Gasteiger partial charge is 0.693 e. The second kappa shape index (κ2) is 22.7. The maximum absolute atomic E-state index is 2.89. The molecular weight excluding hydrogens is 183 g/mol. The molecule has 1 radical (unpaired) electrons. The fourth-order valence-electron chi connectivity index (χ4n) is 0.342. The number of rotatable bonds is 0. The van der Waals surface area contributed by atoms with Crippen molar-refractivity contribution in [2.24, 2.45) is 0 Å². The normalized spacial score (nSPS) is 4.36.